The third-order valence-electron chi connectivity index (χ3n) is 4.41. The zero-order chi connectivity index (χ0) is 15.8. The number of carboxylic acid groups (broad SMARTS) is 1. The van der Waals surface area contributed by atoms with E-state index in [1.165, 1.54) is 0 Å². The lowest BCUT2D eigenvalue weighted by Crippen LogP contribution is -2.60. The summed E-state index contributed by atoms with van der Waals surface area (Å²) < 4.78 is 5.99. The van der Waals surface area contributed by atoms with E-state index < -0.39 is 23.1 Å². The van der Waals surface area contributed by atoms with E-state index in [9.17, 15) is 14.7 Å². The van der Waals surface area contributed by atoms with Crippen LogP contribution in [0.25, 0.3) is 0 Å². The number of hydrogen-bond acceptors (Lipinski definition) is 3. The lowest BCUT2D eigenvalue weighted by Gasteiger charge is -2.48. The smallest absolute Gasteiger partial charge is 0.307 e. The molecule has 5 nitrogen and oxygen atoms in total. The second-order valence-corrected chi connectivity index (χ2v) is 7.65. The van der Waals surface area contributed by atoms with Crippen molar-refractivity contribution in [3.63, 3.8) is 0 Å². The van der Waals surface area contributed by atoms with E-state index in [4.69, 9.17) is 4.74 Å². The van der Waals surface area contributed by atoms with Gasteiger partial charge in [0.05, 0.1) is 23.0 Å². The van der Waals surface area contributed by atoms with Gasteiger partial charge in [-0.05, 0) is 40.5 Å². The number of rotatable bonds is 2. The van der Waals surface area contributed by atoms with Gasteiger partial charge in [0.1, 0.15) is 0 Å². The molecule has 1 saturated heterocycles. The largest absolute Gasteiger partial charge is 0.481 e. The van der Waals surface area contributed by atoms with Crippen molar-refractivity contribution in [2.24, 2.45) is 11.8 Å². The van der Waals surface area contributed by atoms with Crippen molar-refractivity contribution in [3.05, 3.63) is 0 Å². The zero-order valence-corrected chi connectivity index (χ0v) is 13.5. The molecule has 1 aliphatic carbocycles. The van der Waals surface area contributed by atoms with Gasteiger partial charge >= 0.3 is 5.97 Å². The SMILES string of the molecule is CC1(C)CN(C(=O)[C@@H]2CCCC[C@@H]2C(=O)O)CC(C)(C)O1. The van der Waals surface area contributed by atoms with Crippen LogP contribution >= 0.6 is 0 Å². The molecule has 1 saturated carbocycles. The van der Waals surface area contributed by atoms with E-state index in [1.807, 2.05) is 32.6 Å². The van der Waals surface area contributed by atoms with Gasteiger partial charge in [-0.2, -0.15) is 0 Å². The normalized spacial score (nSPS) is 31.7. The number of carbonyl (C=O) groups is 2. The zero-order valence-electron chi connectivity index (χ0n) is 13.5. The molecule has 0 radical (unpaired) electrons. The Balaban J connectivity index is 2.16. The van der Waals surface area contributed by atoms with Gasteiger partial charge in [-0.1, -0.05) is 12.8 Å². The highest BCUT2D eigenvalue weighted by atomic mass is 16.5. The van der Waals surface area contributed by atoms with Gasteiger partial charge in [-0.25, -0.2) is 0 Å². The molecule has 1 amide bonds. The van der Waals surface area contributed by atoms with Gasteiger partial charge in [-0.3, -0.25) is 9.59 Å². The van der Waals surface area contributed by atoms with Crippen LogP contribution in [0.3, 0.4) is 0 Å². The van der Waals surface area contributed by atoms with E-state index >= 15 is 0 Å². The average molecular weight is 297 g/mol. The number of hydrogen-bond donors (Lipinski definition) is 1. The average Bonchev–Trinajstić information content (AvgIpc) is 2.34. The topological polar surface area (TPSA) is 66.8 Å². The number of ether oxygens (including phenoxy) is 1. The Bertz CT molecular complexity index is 414. The van der Waals surface area contributed by atoms with Crippen molar-refractivity contribution in [2.45, 2.75) is 64.6 Å². The highest BCUT2D eigenvalue weighted by molar-refractivity contribution is 5.85. The van der Waals surface area contributed by atoms with Gasteiger partial charge in [0.2, 0.25) is 5.91 Å². The van der Waals surface area contributed by atoms with Crippen LogP contribution < -0.4 is 0 Å². The highest BCUT2D eigenvalue weighted by Gasteiger charge is 2.44. The van der Waals surface area contributed by atoms with Gasteiger partial charge in [0.15, 0.2) is 0 Å². The van der Waals surface area contributed by atoms with Gasteiger partial charge < -0.3 is 14.7 Å². The molecule has 0 aromatic rings. The summed E-state index contributed by atoms with van der Waals surface area (Å²) in [6.07, 6.45) is 3.15. The van der Waals surface area contributed by atoms with Crippen molar-refractivity contribution >= 4 is 11.9 Å². The molecular formula is C16H27NO4. The maximum absolute atomic E-state index is 12.9. The van der Waals surface area contributed by atoms with Crippen molar-refractivity contribution in [2.75, 3.05) is 13.1 Å². The minimum absolute atomic E-state index is 0.00782. The summed E-state index contributed by atoms with van der Waals surface area (Å²) in [7, 11) is 0. The van der Waals surface area contributed by atoms with E-state index in [1.54, 1.807) is 0 Å². The molecule has 1 N–H and O–H groups in total. The monoisotopic (exact) mass is 297 g/mol. The summed E-state index contributed by atoms with van der Waals surface area (Å²) in [5.41, 5.74) is -0.796. The van der Waals surface area contributed by atoms with E-state index in [-0.39, 0.29) is 11.8 Å². The first kappa shape index (κ1) is 16.3. The van der Waals surface area contributed by atoms with Crippen LogP contribution in [0.1, 0.15) is 53.4 Å². The molecule has 2 atom stereocenters. The molecule has 0 bridgehead atoms. The number of aliphatic carboxylic acids is 1. The molecule has 2 aliphatic rings. The van der Waals surface area contributed by atoms with Crippen LogP contribution in [0.4, 0.5) is 0 Å². The predicted octanol–water partition coefficient (Wildman–Crippen LogP) is 2.29. The Morgan fingerprint density at radius 1 is 1.00 bits per heavy atom. The van der Waals surface area contributed by atoms with Crippen LogP contribution in [0, 0.1) is 11.8 Å². The molecule has 1 aliphatic heterocycles. The molecular weight excluding hydrogens is 270 g/mol. The van der Waals surface area contributed by atoms with Crippen molar-refractivity contribution in [1.82, 2.24) is 4.90 Å². The van der Waals surface area contributed by atoms with E-state index in [0.29, 0.717) is 25.9 Å². The number of nitrogens with zero attached hydrogens (tertiary/aromatic N) is 1. The minimum atomic E-state index is -0.833. The molecule has 0 spiro atoms. The van der Waals surface area contributed by atoms with Crippen LogP contribution in [0.2, 0.25) is 0 Å². The summed E-state index contributed by atoms with van der Waals surface area (Å²) in [6, 6.07) is 0. The fourth-order valence-corrected chi connectivity index (χ4v) is 3.90. The van der Waals surface area contributed by atoms with Crippen molar-refractivity contribution < 1.29 is 19.4 Å². The summed E-state index contributed by atoms with van der Waals surface area (Å²) >= 11 is 0. The summed E-state index contributed by atoms with van der Waals surface area (Å²) in [5.74, 6) is -1.74. The highest BCUT2D eigenvalue weighted by Crippen LogP contribution is 2.35. The molecule has 5 heteroatoms. The Kier molecular flexibility index (Phi) is 4.34. The fraction of sp³-hybridized carbons (Fsp3) is 0.875. The summed E-state index contributed by atoms with van der Waals surface area (Å²) in [6.45, 7) is 8.96. The fourth-order valence-electron chi connectivity index (χ4n) is 3.90. The number of morpholine rings is 1. The van der Waals surface area contributed by atoms with Gasteiger partial charge in [0.25, 0.3) is 0 Å². The second-order valence-electron chi connectivity index (χ2n) is 7.65. The van der Waals surface area contributed by atoms with Crippen LogP contribution in [0.5, 0.6) is 0 Å². The number of carboxylic acids is 1. The first-order valence-electron chi connectivity index (χ1n) is 7.83. The third kappa shape index (κ3) is 3.76. The minimum Gasteiger partial charge on any atom is -0.481 e. The summed E-state index contributed by atoms with van der Waals surface area (Å²) in [4.78, 5) is 26.1. The molecule has 0 unspecified atom stereocenters. The quantitative estimate of drug-likeness (QED) is 0.849. The lowest BCUT2D eigenvalue weighted by atomic mass is 9.78. The molecule has 120 valence electrons. The molecule has 0 aromatic carbocycles. The van der Waals surface area contributed by atoms with Crippen molar-refractivity contribution in [3.8, 4) is 0 Å². The maximum Gasteiger partial charge on any atom is 0.307 e. The number of carbonyl (C=O) groups excluding carboxylic acids is 1. The van der Waals surface area contributed by atoms with E-state index in [0.717, 1.165) is 12.8 Å². The molecule has 2 rings (SSSR count). The van der Waals surface area contributed by atoms with Crippen LogP contribution in [-0.4, -0.2) is 46.2 Å². The molecule has 21 heavy (non-hydrogen) atoms. The van der Waals surface area contributed by atoms with Gasteiger partial charge in [-0.15, -0.1) is 0 Å². The third-order valence-corrected chi connectivity index (χ3v) is 4.41. The first-order chi connectivity index (χ1) is 9.61. The number of amides is 1. The first-order valence-corrected chi connectivity index (χ1v) is 7.83. The maximum atomic E-state index is 12.9. The molecule has 0 aromatic heterocycles. The Labute approximate surface area is 126 Å². The Morgan fingerprint density at radius 3 is 1.95 bits per heavy atom. The molecule has 2 fully saturated rings. The lowest BCUT2D eigenvalue weighted by molar-refractivity contribution is -0.192. The standard InChI is InChI=1S/C16H27NO4/c1-15(2)9-17(10-16(3,4)21-15)13(18)11-7-5-6-8-12(11)14(19)20/h11-12H,5-10H2,1-4H3,(H,19,20)/t11-,12+/m1/s1. The van der Waals surface area contributed by atoms with Crippen LogP contribution in [-0.2, 0) is 14.3 Å². The molecule has 1 heterocycles. The van der Waals surface area contributed by atoms with E-state index in [2.05, 4.69) is 0 Å². The van der Waals surface area contributed by atoms with Gasteiger partial charge in [0, 0.05) is 13.1 Å². The Hall–Kier alpha value is -1.10. The van der Waals surface area contributed by atoms with Crippen LogP contribution in [0.15, 0.2) is 0 Å². The second kappa shape index (κ2) is 5.59. The predicted molar refractivity (Wildman–Crippen MR) is 78.9 cm³/mol. The summed E-state index contributed by atoms with van der Waals surface area (Å²) in [5, 5.41) is 9.37. The van der Waals surface area contributed by atoms with Crippen molar-refractivity contribution in [1.29, 1.82) is 0 Å². The Morgan fingerprint density at radius 2 is 1.48 bits per heavy atom.